The summed E-state index contributed by atoms with van der Waals surface area (Å²) in [6.45, 7) is 17.3. The van der Waals surface area contributed by atoms with Crippen LogP contribution in [0.1, 0.15) is 31.9 Å². The molecule has 0 heterocycles. The minimum atomic E-state index is -1.65. The quantitative estimate of drug-likeness (QED) is 0.308. The molecular weight excluding hydrogens is 307 g/mol. The topological polar surface area (TPSA) is 27.7 Å². The summed E-state index contributed by atoms with van der Waals surface area (Å²) in [5.41, 5.74) is 3.15. The van der Waals surface area contributed by atoms with Gasteiger partial charge in [0.2, 0.25) is 0 Å². The van der Waals surface area contributed by atoms with Crippen molar-refractivity contribution in [3.05, 3.63) is 77.8 Å². The molecule has 0 aliphatic carbocycles. The first-order chi connectivity index (χ1) is 10.9. The number of hydrogen-bond acceptors (Lipinski definition) is 3. The van der Waals surface area contributed by atoms with Gasteiger partial charge in [0.05, 0.1) is 0 Å². The van der Waals surface area contributed by atoms with Crippen molar-refractivity contribution in [2.24, 2.45) is 0 Å². The molecular formula is C19H25O3P. The maximum Gasteiger partial charge on any atom is 0.529 e. The molecule has 0 saturated carbocycles. The van der Waals surface area contributed by atoms with E-state index in [0.29, 0.717) is 11.5 Å². The highest BCUT2D eigenvalue weighted by molar-refractivity contribution is 7.42. The van der Waals surface area contributed by atoms with Crippen molar-refractivity contribution in [2.45, 2.75) is 34.6 Å². The SMILES string of the molecule is C=C/C=C(\C)OP(OC(=C)/C(C)=C\C)Oc1ccc(C)cc1C. The number of allylic oxidation sites excluding steroid dienone is 5. The molecule has 4 heteroatoms. The molecule has 1 unspecified atom stereocenters. The molecule has 0 saturated heterocycles. The van der Waals surface area contributed by atoms with Crippen LogP contribution in [-0.2, 0) is 9.05 Å². The van der Waals surface area contributed by atoms with Crippen LogP contribution in [0.25, 0.3) is 0 Å². The molecule has 0 aromatic heterocycles. The fourth-order valence-electron chi connectivity index (χ4n) is 1.67. The number of hydrogen-bond donors (Lipinski definition) is 0. The fourth-order valence-corrected chi connectivity index (χ4v) is 2.77. The number of rotatable bonds is 8. The van der Waals surface area contributed by atoms with Crippen molar-refractivity contribution >= 4 is 8.60 Å². The molecule has 0 bridgehead atoms. The summed E-state index contributed by atoms with van der Waals surface area (Å²) in [7, 11) is -1.65. The largest absolute Gasteiger partial charge is 0.529 e. The highest BCUT2D eigenvalue weighted by atomic mass is 31.2. The third-order valence-corrected chi connectivity index (χ3v) is 4.28. The summed E-state index contributed by atoms with van der Waals surface area (Å²) in [6, 6.07) is 5.97. The lowest BCUT2D eigenvalue weighted by atomic mass is 10.1. The Morgan fingerprint density at radius 1 is 1.17 bits per heavy atom. The highest BCUT2D eigenvalue weighted by Crippen LogP contribution is 2.46. The van der Waals surface area contributed by atoms with Crippen LogP contribution in [0.4, 0.5) is 0 Å². The summed E-state index contributed by atoms with van der Waals surface area (Å²) >= 11 is 0. The van der Waals surface area contributed by atoms with Crippen LogP contribution in [0.5, 0.6) is 5.75 Å². The standard InChI is InChI=1S/C19H25O3P/c1-8-10-17(6)20-23(21-18(7)15(4)9-2)22-19-12-11-14(3)13-16(19)5/h8-13H,1,7H2,2-6H3/b15-9-,17-10+. The summed E-state index contributed by atoms with van der Waals surface area (Å²) < 4.78 is 17.5. The molecule has 1 atom stereocenters. The van der Waals surface area contributed by atoms with Gasteiger partial charge in [0.15, 0.2) is 0 Å². The average molecular weight is 332 g/mol. The van der Waals surface area contributed by atoms with Gasteiger partial charge >= 0.3 is 8.60 Å². The lowest BCUT2D eigenvalue weighted by Crippen LogP contribution is -1.99. The Morgan fingerprint density at radius 3 is 2.43 bits per heavy atom. The van der Waals surface area contributed by atoms with E-state index in [2.05, 4.69) is 19.2 Å². The van der Waals surface area contributed by atoms with Gasteiger partial charge in [-0.2, -0.15) is 0 Å². The summed E-state index contributed by atoms with van der Waals surface area (Å²) in [6.07, 6.45) is 5.35. The second kappa shape index (κ2) is 9.22. The van der Waals surface area contributed by atoms with E-state index >= 15 is 0 Å². The monoisotopic (exact) mass is 332 g/mol. The van der Waals surface area contributed by atoms with Crippen LogP contribution in [0.3, 0.4) is 0 Å². The molecule has 23 heavy (non-hydrogen) atoms. The predicted octanol–water partition coefficient (Wildman–Crippen LogP) is 6.51. The van der Waals surface area contributed by atoms with Gasteiger partial charge in [-0.05, 0) is 57.9 Å². The molecule has 124 valence electrons. The summed E-state index contributed by atoms with van der Waals surface area (Å²) in [5.74, 6) is 1.94. The number of aryl methyl sites for hydroxylation is 2. The van der Waals surface area contributed by atoms with Crippen LogP contribution < -0.4 is 4.52 Å². The maximum absolute atomic E-state index is 5.94. The molecule has 0 amide bonds. The van der Waals surface area contributed by atoms with Gasteiger partial charge in [0.1, 0.15) is 17.3 Å². The van der Waals surface area contributed by atoms with Crippen LogP contribution in [-0.4, -0.2) is 0 Å². The van der Waals surface area contributed by atoms with E-state index in [-0.39, 0.29) is 0 Å². The summed E-state index contributed by atoms with van der Waals surface area (Å²) in [5, 5.41) is 0. The van der Waals surface area contributed by atoms with Gasteiger partial charge in [-0.1, -0.05) is 43.0 Å². The zero-order valence-corrected chi connectivity index (χ0v) is 15.4. The predicted molar refractivity (Wildman–Crippen MR) is 98.2 cm³/mol. The normalized spacial score (nSPS) is 13.3. The number of benzene rings is 1. The van der Waals surface area contributed by atoms with E-state index in [4.69, 9.17) is 13.6 Å². The van der Waals surface area contributed by atoms with Crippen molar-refractivity contribution in [3.63, 3.8) is 0 Å². The Balaban J connectivity index is 2.96. The molecule has 0 fully saturated rings. The van der Waals surface area contributed by atoms with Gasteiger partial charge in [0, 0.05) is 0 Å². The average Bonchev–Trinajstić information content (AvgIpc) is 2.49. The second-order valence-corrected chi connectivity index (χ2v) is 6.17. The molecule has 1 aromatic rings. The van der Waals surface area contributed by atoms with Gasteiger partial charge in [-0.15, -0.1) is 0 Å². The Bertz CT molecular complexity index is 630. The maximum atomic E-state index is 5.94. The van der Waals surface area contributed by atoms with Crippen LogP contribution in [0.2, 0.25) is 0 Å². The van der Waals surface area contributed by atoms with Crippen LogP contribution >= 0.6 is 8.60 Å². The fraction of sp³-hybridized carbons (Fsp3) is 0.263. The van der Waals surface area contributed by atoms with Gasteiger partial charge in [0.25, 0.3) is 0 Å². The zero-order valence-electron chi connectivity index (χ0n) is 14.6. The third kappa shape index (κ3) is 6.33. The Labute approximate surface area is 141 Å². The van der Waals surface area contributed by atoms with E-state index in [1.165, 1.54) is 5.56 Å². The smallest absolute Gasteiger partial charge is 0.413 e. The zero-order chi connectivity index (χ0) is 17.4. The Morgan fingerprint density at radius 2 is 1.87 bits per heavy atom. The van der Waals surface area contributed by atoms with Gasteiger partial charge in [-0.3, -0.25) is 0 Å². The lowest BCUT2D eigenvalue weighted by Gasteiger charge is -2.20. The van der Waals surface area contributed by atoms with Gasteiger partial charge < -0.3 is 13.6 Å². The lowest BCUT2D eigenvalue weighted by molar-refractivity contribution is 0.294. The highest BCUT2D eigenvalue weighted by Gasteiger charge is 2.21. The third-order valence-electron chi connectivity index (χ3n) is 3.13. The first-order valence-corrected chi connectivity index (χ1v) is 8.49. The van der Waals surface area contributed by atoms with Gasteiger partial charge in [-0.25, -0.2) is 0 Å². The Kier molecular flexibility index (Phi) is 7.64. The second-order valence-electron chi connectivity index (χ2n) is 5.17. The Hall–Kier alpha value is -1.99. The first-order valence-electron chi connectivity index (χ1n) is 7.40. The van der Waals surface area contributed by atoms with E-state index in [1.54, 1.807) is 12.2 Å². The molecule has 0 radical (unpaired) electrons. The van der Waals surface area contributed by atoms with Crippen molar-refractivity contribution < 1.29 is 13.6 Å². The van der Waals surface area contributed by atoms with E-state index in [9.17, 15) is 0 Å². The molecule has 1 rings (SSSR count). The van der Waals surface area contributed by atoms with Crippen molar-refractivity contribution in [1.29, 1.82) is 0 Å². The first kappa shape index (κ1) is 19.1. The minimum Gasteiger partial charge on any atom is -0.413 e. The van der Waals surface area contributed by atoms with E-state index < -0.39 is 8.60 Å². The molecule has 1 aromatic carbocycles. The molecule has 0 spiro atoms. The molecule has 0 aliphatic heterocycles. The van der Waals surface area contributed by atoms with Crippen LogP contribution in [0.15, 0.2) is 66.7 Å². The molecule has 0 N–H and O–H groups in total. The van der Waals surface area contributed by atoms with Crippen molar-refractivity contribution in [2.75, 3.05) is 0 Å². The van der Waals surface area contributed by atoms with Crippen molar-refractivity contribution in [3.8, 4) is 5.75 Å². The van der Waals surface area contributed by atoms with Crippen molar-refractivity contribution in [1.82, 2.24) is 0 Å². The van der Waals surface area contributed by atoms with E-state index in [1.807, 2.05) is 52.8 Å². The molecule has 0 aliphatic rings. The summed E-state index contributed by atoms with van der Waals surface area (Å²) in [4.78, 5) is 0. The van der Waals surface area contributed by atoms with Crippen LogP contribution in [0, 0.1) is 13.8 Å². The van der Waals surface area contributed by atoms with E-state index in [0.717, 1.165) is 16.9 Å². The molecule has 3 nitrogen and oxygen atoms in total. The minimum absolute atomic E-state index is 0.537.